The SMILES string of the molecule is Cc1noc(C)c1S(=O)(=O)Nc1ccc(CC(=O)NCc2cccs2)cc1. The lowest BCUT2D eigenvalue weighted by Gasteiger charge is -2.09. The summed E-state index contributed by atoms with van der Waals surface area (Å²) in [6.07, 6.45) is 0.224. The molecule has 2 heterocycles. The van der Waals surface area contributed by atoms with Crippen LogP contribution in [0.4, 0.5) is 5.69 Å². The Morgan fingerprint density at radius 3 is 2.52 bits per heavy atom. The number of anilines is 1. The van der Waals surface area contributed by atoms with Crippen molar-refractivity contribution in [2.45, 2.75) is 31.7 Å². The number of carbonyl (C=O) groups is 1. The number of amides is 1. The fraction of sp³-hybridized carbons (Fsp3) is 0.222. The van der Waals surface area contributed by atoms with E-state index >= 15 is 0 Å². The predicted octanol–water partition coefficient (Wildman–Crippen LogP) is 3.01. The van der Waals surface area contributed by atoms with E-state index in [1.165, 1.54) is 0 Å². The third kappa shape index (κ3) is 4.75. The zero-order valence-corrected chi connectivity index (χ0v) is 16.5. The van der Waals surface area contributed by atoms with E-state index in [2.05, 4.69) is 15.2 Å². The minimum atomic E-state index is -3.79. The summed E-state index contributed by atoms with van der Waals surface area (Å²) in [6.45, 7) is 3.63. The molecule has 0 spiro atoms. The maximum atomic E-state index is 12.5. The number of nitrogens with one attached hydrogen (secondary N) is 2. The monoisotopic (exact) mass is 405 g/mol. The van der Waals surface area contributed by atoms with E-state index < -0.39 is 10.0 Å². The Morgan fingerprint density at radius 1 is 1.19 bits per heavy atom. The molecule has 7 nitrogen and oxygen atoms in total. The third-order valence-electron chi connectivity index (χ3n) is 3.85. The Balaban J connectivity index is 1.61. The summed E-state index contributed by atoms with van der Waals surface area (Å²) >= 11 is 1.59. The molecule has 142 valence electrons. The van der Waals surface area contributed by atoms with Crippen molar-refractivity contribution in [1.82, 2.24) is 10.5 Å². The number of thiophene rings is 1. The van der Waals surface area contributed by atoms with Crippen LogP contribution in [0, 0.1) is 13.8 Å². The van der Waals surface area contributed by atoms with Crippen molar-refractivity contribution in [2.75, 3.05) is 4.72 Å². The second-order valence-corrected chi connectivity index (χ2v) is 8.64. The van der Waals surface area contributed by atoms with E-state index in [1.807, 2.05) is 17.5 Å². The predicted molar refractivity (Wildman–Crippen MR) is 103 cm³/mol. The van der Waals surface area contributed by atoms with Gasteiger partial charge in [0.1, 0.15) is 5.69 Å². The van der Waals surface area contributed by atoms with Crippen molar-refractivity contribution in [3.8, 4) is 0 Å². The van der Waals surface area contributed by atoms with Gasteiger partial charge in [-0.2, -0.15) is 0 Å². The Morgan fingerprint density at radius 2 is 1.93 bits per heavy atom. The van der Waals surface area contributed by atoms with Crippen molar-refractivity contribution < 1.29 is 17.7 Å². The van der Waals surface area contributed by atoms with Gasteiger partial charge in [-0.3, -0.25) is 9.52 Å². The molecule has 27 heavy (non-hydrogen) atoms. The highest BCUT2D eigenvalue weighted by atomic mass is 32.2. The van der Waals surface area contributed by atoms with Crippen LogP contribution in [0.5, 0.6) is 0 Å². The van der Waals surface area contributed by atoms with Gasteiger partial charge in [-0.1, -0.05) is 23.4 Å². The highest BCUT2D eigenvalue weighted by molar-refractivity contribution is 7.92. The van der Waals surface area contributed by atoms with Gasteiger partial charge in [0.2, 0.25) is 5.91 Å². The first-order valence-corrected chi connectivity index (χ1v) is 10.5. The van der Waals surface area contributed by atoms with E-state index in [0.29, 0.717) is 17.9 Å². The van der Waals surface area contributed by atoms with Gasteiger partial charge in [0.15, 0.2) is 10.7 Å². The standard InChI is InChI=1S/C18H19N3O4S2/c1-12-18(13(2)25-20-12)27(23,24)21-15-7-5-14(6-8-15)10-17(22)19-11-16-4-3-9-26-16/h3-9,21H,10-11H2,1-2H3,(H,19,22). The summed E-state index contributed by atoms with van der Waals surface area (Å²) < 4.78 is 32.4. The fourth-order valence-electron chi connectivity index (χ4n) is 2.60. The van der Waals surface area contributed by atoms with E-state index in [4.69, 9.17) is 4.52 Å². The smallest absolute Gasteiger partial charge is 0.267 e. The lowest BCUT2D eigenvalue weighted by Crippen LogP contribution is -2.24. The van der Waals surface area contributed by atoms with Crippen LogP contribution in [0.2, 0.25) is 0 Å². The van der Waals surface area contributed by atoms with Crippen LogP contribution >= 0.6 is 11.3 Å². The van der Waals surface area contributed by atoms with E-state index in [-0.39, 0.29) is 23.0 Å². The van der Waals surface area contributed by atoms with Crippen LogP contribution in [0.3, 0.4) is 0 Å². The molecule has 0 aliphatic rings. The first-order chi connectivity index (χ1) is 12.8. The van der Waals surface area contributed by atoms with E-state index in [9.17, 15) is 13.2 Å². The average Bonchev–Trinajstić information content (AvgIpc) is 3.24. The van der Waals surface area contributed by atoms with Gasteiger partial charge in [-0.15, -0.1) is 11.3 Å². The molecule has 0 unspecified atom stereocenters. The third-order valence-corrected chi connectivity index (χ3v) is 6.35. The molecule has 0 atom stereocenters. The van der Waals surface area contributed by atoms with Crippen molar-refractivity contribution in [3.63, 3.8) is 0 Å². The zero-order valence-electron chi connectivity index (χ0n) is 14.9. The van der Waals surface area contributed by atoms with Crippen molar-refractivity contribution >= 4 is 33.0 Å². The molecule has 3 rings (SSSR count). The summed E-state index contributed by atoms with van der Waals surface area (Å²) in [7, 11) is -3.79. The minimum absolute atomic E-state index is 0.0412. The van der Waals surface area contributed by atoms with Crippen LogP contribution in [0.15, 0.2) is 51.2 Å². The molecular weight excluding hydrogens is 386 g/mol. The molecule has 0 bridgehead atoms. The molecule has 2 N–H and O–H groups in total. The number of hydrogen-bond acceptors (Lipinski definition) is 6. The highest BCUT2D eigenvalue weighted by Crippen LogP contribution is 2.22. The lowest BCUT2D eigenvalue weighted by atomic mass is 10.1. The quantitative estimate of drug-likeness (QED) is 0.629. The Hall–Kier alpha value is -2.65. The van der Waals surface area contributed by atoms with Crippen LogP contribution in [0.25, 0.3) is 0 Å². The van der Waals surface area contributed by atoms with Gasteiger partial charge in [-0.25, -0.2) is 8.42 Å². The topological polar surface area (TPSA) is 101 Å². The lowest BCUT2D eigenvalue weighted by molar-refractivity contribution is -0.120. The number of aryl methyl sites for hydroxylation is 2. The van der Waals surface area contributed by atoms with Crippen LogP contribution in [0.1, 0.15) is 21.9 Å². The molecule has 3 aromatic rings. The number of aromatic nitrogens is 1. The number of benzene rings is 1. The molecule has 1 aromatic carbocycles. The van der Waals surface area contributed by atoms with Gasteiger partial charge in [0, 0.05) is 10.6 Å². The zero-order chi connectivity index (χ0) is 19.4. The van der Waals surface area contributed by atoms with Crippen molar-refractivity contribution in [1.29, 1.82) is 0 Å². The first kappa shape index (κ1) is 19.1. The molecular formula is C18H19N3O4S2. The molecule has 2 aromatic heterocycles. The summed E-state index contributed by atoms with van der Waals surface area (Å²) in [6, 6.07) is 10.6. The molecule has 1 amide bonds. The van der Waals surface area contributed by atoms with Gasteiger partial charge >= 0.3 is 0 Å². The fourth-order valence-corrected chi connectivity index (χ4v) is 4.64. The maximum absolute atomic E-state index is 12.5. The summed E-state index contributed by atoms with van der Waals surface area (Å²) in [5, 5.41) is 8.49. The molecule has 0 aliphatic heterocycles. The summed E-state index contributed by atoms with van der Waals surface area (Å²) in [4.78, 5) is 13.1. The second-order valence-electron chi connectivity index (χ2n) is 5.99. The molecule has 0 fully saturated rings. The molecule has 9 heteroatoms. The number of carbonyl (C=O) groups excluding carboxylic acids is 1. The maximum Gasteiger partial charge on any atom is 0.267 e. The van der Waals surface area contributed by atoms with Crippen molar-refractivity contribution in [2.24, 2.45) is 0 Å². The first-order valence-electron chi connectivity index (χ1n) is 8.19. The van der Waals surface area contributed by atoms with Crippen LogP contribution < -0.4 is 10.0 Å². The Labute approximate surface area is 161 Å². The van der Waals surface area contributed by atoms with Gasteiger partial charge < -0.3 is 9.84 Å². The minimum Gasteiger partial charge on any atom is -0.360 e. The molecule has 0 aliphatic carbocycles. The average molecular weight is 406 g/mol. The molecule has 0 saturated heterocycles. The van der Waals surface area contributed by atoms with Gasteiger partial charge in [-0.05, 0) is 43.0 Å². The van der Waals surface area contributed by atoms with Gasteiger partial charge in [0.05, 0.1) is 13.0 Å². The number of nitrogens with zero attached hydrogens (tertiary/aromatic N) is 1. The van der Waals surface area contributed by atoms with Gasteiger partial charge in [0.25, 0.3) is 10.0 Å². The van der Waals surface area contributed by atoms with E-state index in [0.717, 1.165) is 10.4 Å². The van der Waals surface area contributed by atoms with Crippen LogP contribution in [-0.4, -0.2) is 19.5 Å². The Bertz CT molecular complexity index is 1000. The van der Waals surface area contributed by atoms with Crippen molar-refractivity contribution in [3.05, 3.63) is 63.7 Å². The summed E-state index contributed by atoms with van der Waals surface area (Å²) in [5.41, 5.74) is 1.50. The Kier molecular flexibility index (Phi) is 5.62. The van der Waals surface area contributed by atoms with E-state index in [1.54, 1.807) is 49.4 Å². The normalized spacial score (nSPS) is 11.3. The number of rotatable bonds is 7. The highest BCUT2D eigenvalue weighted by Gasteiger charge is 2.24. The number of hydrogen-bond donors (Lipinski definition) is 2. The number of sulfonamides is 1. The largest absolute Gasteiger partial charge is 0.360 e. The molecule has 0 saturated carbocycles. The molecule has 0 radical (unpaired) electrons. The van der Waals surface area contributed by atoms with Crippen LogP contribution in [-0.2, 0) is 27.8 Å². The summed E-state index contributed by atoms with van der Waals surface area (Å²) in [5.74, 6) is 0.145. The second kappa shape index (κ2) is 7.93.